The summed E-state index contributed by atoms with van der Waals surface area (Å²) in [5, 5.41) is 12.8. The Bertz CT molecular complexity index is 1520. The number of fused-ring (bicyclic) bond motifs is 1. The van der Waals surface area contributed by atoms with Gasteiger partial charge in [0.15, 0.2) is 5.82 Å². The van der Waals surface area contributed by atoms with Crippen molar-refractivity contribution in [1.29, 1.82) is 0 Å². The summed E-state index contributed by atoms with van der Waals surface area (Å²) in [4.78, 5) is 9.33. The Labute approximate surface area is 220 Å². The average molecular weight is 538 g/mol. The Morgan fingerprint density at radius 2 is 1.84 bits per heavy atom. The van der Waals surface area contributed by atoms with Gasteiger partial charge in [-0.05, 0) is 74.1 Å². The number of nitrogens with one attached hydrogen (secondary N) is 2. The van der Waals surface area contributed by atoms with Crippen LogP contribution in [0.15, 0.2) is 59.6 Å². The zero-order valence-corrected chi connectivity index (χ0v) is 21.9. The fourth-order valence-electron chi connectivity index (χ4n) is 4.55. The molecule has 9 nitrogen and oxygen atoms in total. The molecule has 0 atom stereocenters. The molecule has 1 aliphatic carbocycles. The number of halogens is 1. The minimum atomic E-state index is -3.89. The molecule has 0 bridgehead atoms. The fourth-order valence-corrected chi connectivity index (χ4v) is 6.07. The minimum absolute atomic E-state index is 0.0226. The molecule has 0 amide bonds. The van der Waals surface area contributed by atoms with Crippen LogP contribution >= 0.6 is 11.6 Å². The standard InChI is InChI=1S/C26H28ClN7O2S/c1-2-16-13-17(14-18-15-29-26(31-25(16)18)30-20-9-7-19(28)8-10-20)22-11-12-24(33-32-22)34-37(35,36)23-6-4-3-5-21(23)27/h3-6,11-15,19-20H,2,7-10,28H2,1H3,(H,33,34)(H,29,30,31). The molecule has 1 fully saturated rings. The Morgan fingerprint density at radius 3 is 2.54 bits per heavy atom. The predicted molar refractivity (Wildman–Crippen MR) is 146 cm³/mol. The van der Waals surface area contributed by atoms with Crippen molar-refractivity contribution in [2.24, 2.45) is 5.73 Å². The molecule has 4 N–H and O–H groups in total. The second-order valence-corrected chi connectivity index (χ2v) is 11.3. The van der Waals surface area contributed by atoms with Crippen LogP contribution in [-0.2, 0) is 16.4 Å². The van der Waals surface area contributed by atoms with Crippen LogP contribution in [0.25, 0.3) is 22.2 Å². The third kappa shape index (κ3) is 5.66. The summed E-state index contributed by atoms with van der Waals surface area (Å²) < 4.78 is 27.8. The van der Waals surface area contributed by atoms with Crippen molar-refractivity contribution in [2.75, 3.05) is 10.0 Å². The lowest BCUT2D eigenvalue weighted by molar-refractivity contribution is 0.410. The van der Waals surface area contributed by atoms with Crippen molar-refractivity contribution < 1.29 is 8.42 Å². The number of rotatable bonds is 7. The Kier molecular flexibility index (Phi) is 7.23. The van der Waals surface area contributed by atoms with Crippen LogP contribution in [-0.4, -0.2) is 40.7 Å². The summed E-state index contributed by atoms with van der Waals surface area (Å²) in [7, 11) is -3.89. The van der Waals surface area contributed by atoms with Gasteiger partial charge in [0.2, 0.25) is 5.95 Å². The first-order chi connectivity index (χ1) is 17.8. The fraction of sp³-hybridized carbons (Fsp3) is 0.308. The lowest BCUT2D eigenvalue weighted by Crippen LogP contribution is -2.33. The summed E-state index contributed by atoms with van der Waals surface area (Å²) in [5.41, 5.74) is 9.45. The molecule has 5 rings (SSSR count). The maximum absolute atomic E-state index is 12.7. The van der Waals surface area contributed by atoms with Gasteiger partial charge in [0, 0.05) is 29.2 Å². The highest BCUT2D eigenvalue weighted by atomic mass is 35.5. The molecule has 1 saturated carbocycles. The van der Waals surface area contributed by atoms with Crippen molar-refractivity contribution in [3.8, 4) is 11.3 Å². The number of anilines is 2. The number of hydrogen-bond acceptors (Lipinski definition) is 8. The van der Waals surface area contributed by atoms with E-state index in [1.54, 1.807) is 24.3 Å². The highest BCUT2D eigenvalue weighted by Gasteiger charge is 2.20. The number of nitrogens with zero attached hydrogens (tertiary/aromatic N) is 4. The number of aromatic nitrogens is 4. The number of benzene rings is 2. The predicted octanol–water partition coefficient (Wildman–Crippen LogP) is 4.79. The van der Waals surface area contributed by atoms with Gasteiger partial charge in [0.05, 0.1) is 16.2 Å². The molecule has 0 aliphatic heterocycles. The van der Waals surface area contributed by atoms with Crippen molar-refractivity contribution in [3.63, 3.8) is 0 Å². The third-order valence-corrected chi connectivity index (χ3v) is 8.43. The van der Waals surface area contributed by atoms with Gasteiger partial charge in [0.1, 0.15) is 4.90 Å². The van der Waals surface area contributed by atoms with Gasteiger partial charge in [0.25, 0.3) is 10.0 Å². The molecule has 0 spiro atoms. The van der Waals surface area contributed by atoms with Crippen molar-refractivity contribution in [3.05, 3.63) is 65.3 Å². The number of hydrogen-bond donors (Lipinski definition) is 3. The van der Waals surface area contributed by atoms with Gasteiger partial charge >= 0.3 is 0 Å². The first kappa shape index (κ1) is 25.3. The molecule has 2 heterocycles. The molecule has 0 radical (unpaired) electrons. The molecule has 192 valence electrons. The molecule has 2 aromatic carbocycles. The van der Waals surface area contributed by atoms with Crippen LogP contribution in [0.2, 0.25) is 5.02 Å². The maximum Gasteiger partial charge on any atom is 0.264 e. The van der Waals surface area contributed by atoms with E-state index in [0.717, 1.165) is 54.1 Å². The third-order valence-electron chi connectivity index (χ3n) is 6.57. The van der Waals surface area contributed by atoms with Crippen LogP contribution in [0.5, 0.6) is 0 Å². The summed E-state index contributed by atoms with van der Waals surface area (Å²) in [6, 6.07) is 14.2. The van der Waals surface area contributed by atoms with Crippen LogP contribution < -0.4 is 15.8 Å². The van der Waals surface area contributed by atoms with Crippen molar-refractivity contribution in [2.45, 2.75) is 56.0 Å². The maximum atomic E-state index is 12.7. The molecule has 0 unspecified atom stereocenters. The Balaban J connectivity index is 1.37. The Morgan fingerprint density at radius 1 is 1.05 bits per heavy atom. The van der Waals surface area contributed by atoms with Crippen LogP contribution in [0.4, 0.5) is 11.8 Å². The van der Waals surface area contributed by atoms with E-state index < -0.39 is 10.0 Å². The van der Waals surface area contributed by atoms with Crippen molar-refractivity contribution in [1.82, 2.24) is 20.2 Å². The zero-order chi connectivity index (χ0) is 26.0. The molecule has 4 aromatic rings. The zero-order valence-electron chi connectivity index (χ0n) is 20.4. The monoisotopic (exact) mass is 537 g/mol. The minimum Gasteiger partial charge on any atom is -0.351 e. The van der Waals surface area contributed by atoms with E-state index in [1.807, 2.05) is 18.3 Å². The average Bonchev–Trinajstić information content (AvgIpc) is 2.90. The summed E-state index contributed by atoms with van der Waals surface area (Å²) in [6.45, 7) is 2.08. The van der Waals surface area contributed by atoms with Crippen molar-refractivity contribution >= 4 is 44.3 Å². The van der Waals surface area contributed by atoms with E-state index in [2.05, 4.69) is 32.1 Å². The van der Waals surface area contributed by atoms with Gasteiger partial charge in [-0.3, -0.25) is 4.72 Å². The number of nitrogens with two attached hydrogens (primary N) is 1. The van der Waals surface area contributed by atoms with Gasteiger partial charge in [-0.1, -0.05) is 30.7 Å². The lowest BCUT2D eigenvalue weighted by atomic mass is 9.92. The summed E-state index contributed by atoms with van der Waals surface area (Å²) >= 11 is 6.05. The molecule has 2 aromatic heterocycles. The first-order valence-corrected chi connectivity index (χ1v) is 14.1. The van der Waals surface area contributed by atoms with E-state index in [1.165, 1.54) is 12.1 Å². The second kappa shape index (κ2) is 10.6. The highest BCUT2D eigenvalue weighted by Crippen LogP contribution is 2.28. The second-order valence-electron chi connectivity index (χ2n) is 9.22. The van der Waals surface area contributed by atoms with Gasteiger partial charge in [-0.15, -0.1) is 10.2 Å². The van der Waals surface area contributed by atoms with E-state index in [0.29, 0.717) is 23.7 Å². The van der Waals surface area contributed by atoms with E-state index in [4.69, 9.17) is 22.3 Å². The molecular weight excluding hydrogens is 510 g/mol. The van der Waals surface area contributed by atoms with Gasteiger partial charge < -0.3 is 11.1 Å². The van der Waals surface area contributed by atoms with Gasteiger partial charge in [-0.25, -0.2) is 18.4 Å². The van der Waals surface area contributed by atoms with Crippen LogP contribution in [0.3, 0.4) is 0 Å². The molecule has 37 heavy (non-hydrogen) atoms. The smallest absolute Gasteiger partial charge is 0.264 e. The van der Waals surface area contributed by atoms with Gasteiger partial charge in [-0.2, -0.15) is 0 Å². The van der Waals surface area contributed by atoms with E-state index >= 15 is 0 Å². The quantitative estimate of drug-likeness (QED) is 0.306. The first-order valence-electron chi connectivity index (χ1n) is 12.3. The van der Waals surface area contributed by atoms with E-state index in [9.17, 15) is 8.42 Å². The van der Waals surface area contributed by atoms with Crippen LogP contribution in [0, 0.1) is 0 Å². The number of aryl methyl sites for hydroxylation is 1. The molecular formula is C26H28ClN7O2S. The molecule has 11 heteroatoms. The molecule has 1 aliphatic rings. The summed E-state index contributed by atoms with van der Waals surface area (Å²) in [6.07, 6.45) is 6.66. The summed E-state index contributed by atoms with van der Waals surface area (Å²) in [5.74, 6) is 0.730. The Hall–Kier alpha value is -3.34. The largest absolute Gasteiger partial charge is 0.351 e. The highest BCUT2D eigenvalue weighted by molar-refractivity contribution is 7.92. The van der Waals surface area contributed by atoms with Crippen LogP contribution in [0.1, 0.15) is 38.2 Å². The topological polar surface area (TPSA) is 136 Å². The van der Waals surface area contributed by atoms with E-state index in [-0.39, 0.29) is 15.7 Å². The lowest BCUT2D eigenvalue weighted by Gasteiger charge is -2.26. The molecule has 0 saturated heterocycles. The number of sulfonamides is 1. The normalized spacial score (nSPS) is 18.0. The SMILES string of the molecule is CCc1cc(-c2ccc(NS(=O)(=O)c3ccccc3Cl)nn2)cc2cnc(NC3CCC(N)CC3)nc12.